The van der Waals surface area contributed by atoms with E-state index >= 15 is 0 Å². The van der Waals surface area contributed by atoms with Gasteiger partial charge in [-0.1, -0.05) is 25.1 Å². The van der Waals surface area contributed by atoms with Crippen LogP contribution in [-0.4, -0.2) is 54.3 Å². The normalized spacial score (nSPS) is 25.8. The van der Waals surface area contributed by atoms with Crippen LogP contribution in [0.25, 0.3) is 0 Å². The molecule has 2 fully saturated rings. The lowest BCUT2D eigenvalue weighted by Gasteiger charge is -2.38. The highest BCUT2D eigenvalue weighted by Gasteiger charge is 2.54. The van der Waals surface area contributed by atoms with E-state index < -0.39 is 5.41 Å². The van der Waals surface area contributed by atoms with Crippen molar-refractivity contribution in [2.24, 2.45) is 0 Å². The van der Waals surface area contributed by atoms with Crippen LogP contribution < -0.4 is 4.74 Å². The molecular formula is C21H28N2O4. The van der Waals surface area contributed by atoms with Crippen LogP contribution in [0.1, 0.15) is 51.0 Å². The zero-order chi connectivity index (χ0) is 19.6. The summed E-state index contributed by atoms with van der Waals surface area (Å²) in [6.45, 7) is 2.81. The first-order valence-corrected chi connectivity index (χ1v) is 9.68. The first kappa shape index (κ1) is 19.4. The summed E-state index contributed by atoms with van der Waals surface area (Å²) in [5.41, 5.74) is -0.570. The number of imide groups is 1. The summed E-state index contributed by atoms with van der Waals surface area (Å²) in [7, 11) is 3.03. The van der Waals surface area contributed by atoms with E-state index in [0.29, 0.717) is 11.3 Å². The third-order valence-corrected chi connectivity index (χ3v) is 6.04. The second kappa shape index (κ2) is 7.71. The Morgan fingerprint density at radius 3 is 2.63 bits per heavy atom. The molecule has 3 rings (SSSR count). The number of carbonyl (C=O) groups excluding carboxylic acids is 3. The molecule has 0 saturated carbocycles. The molecule has 2 atom stereocenters. The van der Waals surface area contributed by atoms with Gasteiger partial charge in [-0.15, -0.1) is 0 Å². The summed E-state index contributed by atoms with van der Waals surface area (Å²) in [5.74, 6) is -0.101. The van der Waals surface area contributed by atoms with E-state index in [1.807, 2.05) is 17.0 Å². The van der Waals surface area contributed by atoms with Crippen LogP contribution in [0.15, 0.2) is 24.3 Å². The molecule has 27 heavy (non-hydrogen) atoms. The molecular weight excluding hydrogens is 344 g/mol. The summed E-state index contributed by atoms with van der Waals surface area (Å²) >= 11 is 0. The number of carbonyl (C=O) groups is 3. The second-order valence-electron chi connectivity index (χ2n) is 7.54. The number of hydrogen-bond donors (Lipinski definition) is 0. The maximum Gasteiger partial charge on any atom is 0.240 e. The van der Waals surface area contributed by atoms with Gasteiger partial charge < -0.3 is 9.64 Å². The van der Waals surface area contributed by atoms with Gasteiger partial charge in [-0.05, 0) is 31.7 Å². The fourth-order valence-electron chi connectivity index (χ4n) is 4.48. The molecule has 3 amide bonds. The van der Waals surface area contributed by atoms with Crippen molar-refractivity contribution in [2.75, 3.05) is 20.7 Å². The van der Waals surface area contributed by atoms with E-state index in [4.69, 9.17) is 4.74 Å². The molecule has 0 spiro atoms. The summed E-state index contributed by atoms with van der Waals surface area (Å²) < 4.78 is 5.46. The van der Waals surface area contributed by atoms with E-state index in [1.165, 1.54) is 14.2 Å². The van der Waals surface area contributed by atoms with Crippen molar-refractivity contribution in [1.82, 2.24) is 9.80 Å². The minimum Gasteiger partial charge on any atom is -0.496 e. The van der Waals surface area contributed by atoms with E-state index in [2.05, 4.69) is 6.92 Å². The maximum atomic E-state index is 13.3. The number of benzene rings is 1. The first-order valence-electron chi connectivity index (χ1n) is 9.68. The van der Waals surface area contributed by atoms with Crippen LogP contribution in [0.3, 0.4) is 0 Å². The molecule has 0 unspecified atom stereocenters. The number of nitrogens with zero attached hydrogens (tertiary/aromatic N) is 2. The molecule has 6 heteroatoms. The fraction of sp³-hybridized carbons (Fsp3) is 0.571. The maximum absolute atomic E-state index is 13.3. The number of para-hydroxylation sites is 1. The number of likely N-dealkylation sites (N-methyl/N-ethyl adjacent to an activating group) is 1. The number of likely N-dealkylation sites (tertiary alicyclic amines) is 2. The number of amides is 3. The first-order chi connectivity index (χ1) is 12.9. The standard InChI is InChI=1S/C21H28N2O4/c1-4-15-9-7-8-12-23(15)19(25)14-21(13-18(24)22(2)20(21)26)16-10-5-6-11-17(16)27-3/h5-6,10-11,15H,4,7-9,12-14H2,1-3H3/t15-,21+/m0/s1. The van der Waals surface area contributed by atoms with Gasteiger partial charge in [0.2, 0.25) is 17.7 Å². The molecule has 146 valence electrons. The van der Waals surface area contributed by atoms with Gasteiger partial charge in [0, 0.05) is 38.0 Å². The van der Waals surface area contributed by atoms with Crippen molar-refractivity contribution in [3.8, 4) is 5.75 Å². The minimum absolute atomic E-state index is 0.000914. The topological polar surface area (TPSA) is 66.9 Å². The highest BCUT2D eigenvalue weighted by molar-refractivity contribution is 6.10. The largest absolute Gasteiger partial charge is 0.496 e. The summed E-state index contributed by atoms with van der Waals surface area (Å²) in [5, 5.41) is 0. The van der Waals surface area contributed by atoms with Crippen molar-refractivity contribution in [3.63, 3.8) is 0 Å². The third kappa shape index (κ3) is 3.33. The van der Waals surface area contributed by atoms with Crippen LogP contribution in [0.2, 0.25) is 0 Å². The lowest BCUT2D eigenvalue weighted by Crippen LogP contribution is -2.48. The Balaban J connectivity index is 2.00. The van der Waals surface area contributed by atoms with Crippen molar-refractivity contribution in [3.05, 3.63) is 29.8 Å². The van der Waals surface area contributed by atoms with Crippen molar-refractivity contribution < 1.29 is 19.1 Å². The molecule has 0 radical (unpaired) electrons. The van der Waals surface area contributed by atoms with Crippen LogP contribution in [0.5, 0.6) is 5.75 Å². The van der Waals surface area contributed by atoms with E-state index in [1.54, 1.807) is 12.1 Å². The molecule has 0 N–H and O–H groups in total. The Labute approximate surface area is 160 Å². The van der Waals surface area contributed by atoms with E-state index in [0.717, 1.165) is 37.1 Å². The van der Waals surface area contributed by atoms with Gasteiger partial charge in [0.25, 0.3) is 0 Å². The van der Waals surface area contributed by atoms with Gasteiger partial charge in [0.05, 0.1) is 12.5 Å². The average Bonchev–Trinajstić information content (AvgIpc) is 2.92. The summed E-state index contributed by atoms with van der Waals surface area (Å²) in [4.78, 5) is 41.9. The predicted octanol–water partition coefficient (Wildman–Crippen LogP) is 2.50. The molecule has 2 aliphatic heterocycles. The Morgan fingerprint density at radius 2 is 2.00 bits per heavy atom. The zero-order valence-corrected chi connectivity index (χ0v) is 16.4. The van der Waals surface area contributed by atoms with Gasteiger partial charge in [-0.25, -0.2) is 0 Å². The monoisotopic (exact) mass is 372 g/mol. The fourth-order valence-corrected chi connectivity index (χ4v) is 4.48. The van der Waals surface area contributed by atoms with E-state index in [9.17, 15) is 14.4 Å². The molecule has 0 bridgehead atoms. The van der Waals surface area contributed by atoms with Crippen molar-refractivity contribution in [1.29, 1.82) is 0 Å². The molecule has 1 aromatic carbocycles. The van der Waals surface area contributed by atoms with Gasteiger partial charge in [0.1, 0.15) is 5.75 Å². The Kier molecular flexibility index (Phi) is 5.53. The lowest BCUT2D eigenvalue weighted by atomic mass is 9.75. The summed E-state index contributed by atoms with van der Waals surface area (Å²) in [6.07, 6.45) is 4.01. The zero-order valence-electron chi connectivity index (χ0n) is 16.4. The van der Waals surface area contributed by atoms with Crippen LogP contribution in [-0.2, 0) is 19.8 Å². The third-order valence-electron chi connectivity index (χ3n) is 6.04. The van der Waals surface area contributed by atoms with E-state index in [-0.39, 0.29) is 36.6 Å². The number of hydrogen-bond acceptors (Lipinski definition) is 4. The number of methoxy groups -OCH3 is 1. The second-order valence-corrected chi connectivity index (χ2v) is 7.54. The SMILES string of the molecule is CC[C@H]1CCCCN1C(=O)C[C@@]1(c2ccccc2OC)CC(=O)N(C)C1=O. The molecule has 2 heterocycles. The number of rotatable bonds is 5. The Morgan fingerprint density at radius 1 is 1.26 bits per heavy atom. The Hall–Kier alpha value is -2.37. The van der Waals surface area contributed by atoms with Crippen LogP contribution >= 0.6 is 0 Å². The van der Waals surface area contributed by atoms with Gasteiger partial charge in [-0.2, -0.15) is 0 Å². The highest BCUT2D eigenvalue weighted by atomic mass is 16.5. The average molecular weight is 372 g/mol. The van der Waals surface area contributed by atoms with Gasteiger partial charge in [-0.3, -0.25) is 19.3 Å². The quantitative estimate of drug-likeness (QED) is 0.745. The van der Waals surface area contributed by atoms with Gasteiger partial charge >= 0.3 is 0 Å². The molecule has 2 aliphatic rings. The Bertz CT molecular complexity index is 747. The van der Waals surface area contributed by atoms with Crippen LogP contribution in [0.4, 0.5) is 0 Å². The number of piperidine rings is 1. The molecule has 6 nitrogen and oxygen atoms in total. The lowest BCUT2D eigenvalue weighted by molar-refractivity contribution is -0.143. The number of ether oxygens (including phenoxy) is 1. The van der Waals surface area contributed by atoms with Crippen LogP contribution in [0, 0.1) is 0 Å². The predicted molar refractivity (Wildman–Crippen MR) is 101 cm³/mol. The molecule has 0 aromatic heterocycles. The molecule has 2 saturated heterocycles. The summed E-state index contributed by atoms with van der Waals surface area (Å²) in [6, 6.07) is 7.42. The van der Waals surface area contributed by atoms with Gasteiger partial charge in [0.15, 0.2) is 0 Å². The highest BCUT2D eigenvalue weighted by Crippen LogP contribution is 2.44. The molecule has 1 aromatic rings. The smallest absolute Gasteiger partial charge is 0.240 e. The minimum atomic E-state index is -1.19. The van der Waals surface area contributed by atoms with Crippen molar-refractivity contribution >= 4 is 17.7 Å². The van der Waals surface area contributed by atoms with Crippen molar-refractivity contribution in [2.45, 2.75) is 56.9 Å². The molecule has 0 aliphatic carbocycles.